The first kappa shape index (κ1) is 15.2. The van der Waals surface area contributed by atoms with Crippen LogP contribution in [0.5, 0.6) is 0 Å². The minimum absolute atomic E-state index is 0.201. The number of likely N-dealkylation sites (N-methyl/N-ethyl adjacent to an activating group) is 1. The van der Waals surface area contributed by atoms with Crippen molar-refractivity contribution in [3.8, 4) is 0 Å². The summed E-state index contributed by atoms with van der Waals surface area (Å²) in [6.07, 6.45) is 1.02. The van der Waals surface area contributed by atoms with Gasteiger partial charge in [0.05, 0.1) is 19.3 Å². The molecule has 0 spiro atoms. The third-order valence-electron chi connectivity index (χ3n) is 3.67. The van der Waals surface area contributed by atoms with Crippen molar-refractivity contribution < 1.29 is 13.9 Å². The molecule has 0 radical (unpaired) electrons. The smallest absolute Gasteiger partial charge is 0.123 e. The van der Waals surface area contributed by atoms with Crippen LogP contribution in [0.4, 0.5) is 10.1 Å². The number of halogens is 1. The van der Waals surface area contributed by atoms with E-state index in [1.165, 1.54) is 6.07 Å². The van der Waals surface area contributed by atoms with Crippen molar-refractivity contribution in [2.75, 3.05) is 45.4 Å². The molecule has 2 rings (SSSR count). The van der Waals surface area contributed by atoms with Crippen LogP contribution >= 0.6 is 0 Å². The first-order valence-corrected chi connectivity index (χ1v) is 7.01. The number of methoxy groups -OCH3 is 1. The molecule has 0 aliphatic carbocycles. The molecule has 1 atom stereocenters. The van der Waals surface area contributed by atoms with Crippen molar-refractivity contribution in [3.05, 3.63) is 29.6 Å². The first-order chi connectivity index (χ1) is 9.72. The fraction of sp³-hybridized carbons (Fsp3) is 0.600. The van der Waals surface area contributed by atoms with Crippen molar-refractivity contribution in [1.29, 1.82) is 0 Å². The van der Waals surface area contributed by atoms with Gasteiger partial charge >= 0.3 is 0 Å². The largest absolute Gasteiger partial charge is 0.383 e. The van der Waals surface area contributed by atoms with Gasteiger partial charge in [0.1, 0.15) is 5.82 Å². The van der Waals surface area contributed by atoms with Gasteiger partial charge in [-0.2, -0.15) is 0 Å². The first-order valence-electron chi connectivity index (χ1n) is 7.01. The van der Waals surface area contributed by atoms with E-state index in [1.807, 2.05) is 13.1 Å². The quantitative estimate of drug-likeness (QED) is 0.773. The monoisotopic (exact) mass is 282 g/mol. The highest BCUT2D eigenvalue weighted by molar-refractivity contribution is 5.54. The predicted molar refractivity (Wildman–Crippen MR) is 77.6 cm³/mol. The van der Waals surface area contributed by atoms with Crippen LogP contribution in [-0.2, 0) is 16.0 Å². The number of rotatable bonds is 7. The third kappa shape index (κ3) is 3.91. The van der Waals surface area contributed by atoms with E-state index in [0.717, 1.165) is 37.4 Å². The number of ether oxygens (including phenoxy) is 2. The molecule has 0 aromatic heterocycles. The summed E-state index contributed by atoms with van der Waals surface area (Å²) in [6.45, 7) is 3.58. The number of anilines is 1. The summed E-state index contributed by atoms with van der Waals surface area (Å²) in [7, 11) is 3.72. The fourth-order valence-electron chi connectivity index (χ4n) is 2.46. The number of nitrogens with one attached hydrogen (secondary N) is 1. The van der Waals surface area contributed by atoms with Crippen molar-refractivity contribution in [3.63, 3.8) is 0 Å². The van der Waals surface area contributed by atoms with E-state index in [-0.39, 0.29) is 5.82 Å². The average molecular weight is 282 g/mol. The average Bonchev–Trinajstić information content (AvgIpc) is 2.97. The van der Waals surface area contributed by atoms with Gasteiger partial charge < -0.3 is 19.7 Å². The number of benzene rings is 1. The Kier molecular flexibility index (Phi) is 5.76. The van der Waals surface area contributed by atoms with E-state index in [9.17, 15) is 4.39 Å². The Morgan fingerprint density at radius 3 is 3.05 bits per heavy atom. The molecule has 1 heterocycles. The van der Waals surface area contributed by atoms with E-state index in [4.69, 9.17) is 9.47 Å². The molecule has 1 aromatic carbocycles. The van der Waals surface area contributed by atoms with E-state index in [1.54, 1.807) is 13.2 Å². The summed E-state index contributed by atoms with van der Waals surface area (Å²) in [6, 6.07) is 5.33. The van der Waals surface area contributed by atoms with Crippen LogP contribution in [0.15, 0.2) is 18.2 Å². The summed E-state index contributed by atoms with van der Waals surface area (Å²) in [5.74, 6) is -0.201. The Labute approximate surface area is 119 Å². The van der Waals surface area contributed by atoms with Gasteiger partial charge in [0.15, 0.2) is 0 Å². The number of nitrogens with zero attached hydrogens (tertiary/aromatic N) is 1. The highest BCUT2D eigenvalue weighted by Gasteiger charge is 2.22. The molecule has 0 amide bonds. The van der Waals surface area contributed by atoms with Crippen LogP contribution < -0.4 is 10.2 Å². The lowest BCUT2D eigenvalue weighted by Gasteiger charge is -2.28. The maximum atomic E-state index is 13.5. The Bertz CT molecular complexity index is 422. The van der Waals surface area contributed by atoms with E-state index in [0.29, 0.717) is 19.2 Å². The lowest BCUT2D eigenvalue weighted by Crippen LogP contribution is -2.33. The van der Waals surface area contributed by atoms with Crippen molar-refractivity contribution in [2.24, 2.45) is 0 Å². The van der Waals surface area contributed by atoms with E-state index >= 15 is 0 Å². The summed E-state index contributed by atoms with van der Waals surface area (Å²) >= 11 is 0. The zero-order valence-electron chi connectivity index (χ0n) is 12.2. The van der Waals surface area contributed by atoms with Crippen LogP contribution in [0.3, 0.4) is 0 Å². The molecule has 1 fully saturated rings. The Balaban J connectivity index is 2.06. The molecule has 1 saturated heterocycles. The molecule has 1 aromatic rings. The highest BCUT2D eigenvalue weighted by atomic mass is 19.1. The Morgan fingerprint density at radius 1 is 1.50 bits per heavy atom. The fourth-order valence-corrected chi connectivity index (χ4v) is 2.46. The van der Waals surface area contributed by atoms with Crippen molar-refractivity contribution >= 4 is 5.69 Å². The zero-order chi connectivity index (χ0) is 14.4. The molecule has 4 nitrogen and oxygen atoms in total. The normalized spacial score (nSPS) is 18.4. The lowest BCUT2D eigenvalue weighted by molar-refractivity contribution is 0.193. The second kappa shape index (κ2) is 7.57. The maximum Gasteiger partial charge on any atom is 0.123 e. The predicted octanol–water partition coefficient (Wildman–Crippen LogP) is 1.79. The van der Waals surface area contributed by atoms with Crippen LogP contribution in [0.25, 0.3) is 0 Å². The molecule has 1 unspecified atom stereocenters. The summed E-state index contributed by atoms with van der Waals surface area (Å²) in [5, 5.41) is 3.27. The molecule has 0 bridgehead atoms. The van der Waals surface area contributed by atoms with Crippen molar-refractivity contribution in [1.82, 2.24) is 5.32 Å². The summed E-state index contributed by atoms with van der Waals surface area (Å²) in [5.41, 5.74) is 2.03. The van der Waals surface area contributed by atoms with Gasteiger partial charge in [0.2, 0.25) is 0 Å². The minimum atomic E-state index is -0.201. The van der Waals surface area contributed by atoms with Gasteiger partial charge in [-0.05, 0) is 30.2 Å². The van der Waals surface area contributed by atoms with Gasteiger partial charge in [0, 0.05) is 39.5 Å². The molecule has 1 N–H and O–H groups in total. The van der Waals surface area contributed by atoms with Gasteiger partial charge in [-0.1, -0.05) is 0 Å². The Morgan fingerprint density at radius 2 is 2.35 bits per heavy atom. The molecular formula is C15H23FN2O2. The number of hydrogen-bond acceptors (Lipinski definition) is 4. The van der Waals surface area contributed by atoms with Gasteiger partial charge in [-0.25, -0.2) is 4.39 Å². The van der Waals surface area contributed by atoms with Crippen LogP contribution in [0, 0.1) is 5.82 Å². The van der Waals surface area contributed by atoms with E-state index in [2.05, 4.69) is 10.2 Å². The zero-order valence-corrected chi connectivity index (χ0v) is 12.2. The molecule has 1 aliphatic heterocycles. The Hall–Kier alpha value is -1.17. The van der Waals surface area contributed by atoms with E-state index < -0.39 is 0 Å². The SMILES string of the molecule is COCCNCc1cc(F)ccc1N(C)C1CCOC1. The molecule has 0 saturated carbocycles. The molecular weight excluding hydrogens is 259 g/mol. The van der Waals surface area contributed by atoms with Crippen LogP contribution in [0.2, 0.25) is 0 Å². The number of hydrogen-bond donors (Lipinski definition) is 1. The highest BCUT2D eigenvalue weighted by Crippen LogP contribution is 2.25. The minimum Gasteiger partial charge on any atom is -0.383 e. The topological polar surface area (TPSA) is 33.7 Å². The molecule has 20 heavy (non-hydrogen) atoms. The van der Waals surface area contributed by atoms with Gasteiger partial charge in [0.25, 0.3) is 0 Å². The lowest BCUT2D eigenvalue weighted by atomic mass is 10.1. The molecule has 112 valence electrons. The summed E-state index contributed by atoms with van der Waals surface area (Å²) in [4.78, 5) is 2.19. The molecule has 5 heteroatoms. The standard InChI is InChI=1S/C15H23FN2O2/c1-18(14-5-7-20-11-14)15-4-3-13(16)9-12(15)10-17-6-8-19-2/h3-4,9,14,17H,5-8,10-11H2,1-2H3. The van der Waals surface area contributed by atoms with Crippen LogP contribution in [0.1, 0.15) is 12.0 Å². The second-order valence-corrected chi connectivity index (χ2v) is 5.07. The summed E-state index contributed by atoms with van der Waals surface area (Å²) < 4.78 is 23.9. The van der Waals surface area contributed by atoms with Crippen molar-refractivity contribution in [2.45, 2.75) is 19.0 Å². The molecule has 1 aliphatic rings. The second-order valence-electron chi connectivity index (χ2n) is 5.07. The maximum absolute atomic E-state index is 13.5. The van der Waals surface area contributed by atoms with Crippen LogP contribution in [-0.4, -0.2) is 46.6 Å². The third-order valence-corrected chi connectivity index (χ3v) is 3.67. The van der Waals surface area contributed by atoms with Gasteiger partial charge in [-0.3, -0.25) is 0 Å². The van der Waals surface area contributed by atoms with Gasteiger partial charge in [-0.15, -0.1) is 0 Å².